The maximum Gasteiger partial charge on any atom is 0.119 e. The standard InChI is InChI=1S/C16H25BrN2O.2ClH/c1-12(2)10-16(19-8-6-18-7-9-19)14-11-13(20-3)4-5-15(14)17;;/h4-5,11-12,16,18H,6-10H2,1-3H3;2*1H/t16-;;/m0../s1. The van der Waals surface area contributed by atoms with Gasteiger partial charge in [-0.25, -0.2) is 0 Å². The number of ether oxygens (including phenoxy) is 1. The SMILES string of the molecule is COc1ccc(Br)c([C@H](CC(C)C)N2CCNCC2)c1.Cl.Cl. The number of piperazine rings is 1. The minimum atomic E-state index is 0. The maximum atomic E-state index is 5.40. The monoisotopic (exact) mass is 412 g/mol. The van der Waals surface area contributed by atoms with E-state index in [9.17, 15) is 0 Å². The van der Waals surface area contributed by atoms with Crippen LogP contribution in [0, 0.1) is 5.92 Å². The lowest BCUT2D eigenvalue weighted by Crippen LogP contribution is -2.45. The molecular formula is C16H27BrCl2N2O. The number of nitrogens with zero attached hydrogens (tertiary/aromatic N) is 1. The van der Waals surface area contributed by atoms with Gasteiger partial charge in [0.1, 0.15) is 5.75 Å². The van der Waals surface area contributed by atoms with Crippen LogP contribution in [0.5, 0.6) is 5.75 Å². The largest absolute Gasteiger partial charge is 0.497 e. The van der Waals surface area contributed by atoms with E-state index in [0.29, 0.717) is 12.0 Å². The van der Waals surface area contributed by atoms with Crippen LogP contribution < -0.4 is 10.1 Å². The van der Waals surface area contributed by atoms with E-state index in [4.69, 9.17) is 4.74 Å². The molecule has 1 fully saturated rings. The number of hydrogen-bond acceptors (Lipinski definition) is 3. The van der Waals surface area contributed by atoms with Gasteiger partial charge in [-0.3, -0.25) is 4.90 Å². The molecule has 3 nitrogen and oxygen atoms in total. The van der Waals surface area contributed by atoms with Crippen molar-refractivity contribution in [3.8, 4) is 5.75 Å². The van der Waals surface area contributed by atoms with Crippen molar-refractivity contribution in [2.75, 3.05) is 33.3 Å². The van der Waals surface area contributed by atoms with Crippen LogP contribution >= 0.6 is 40.7 Å². The third-order valence-corrected chi connectivity index (χ3v) is 4.57. The second-order valence-electron chi connectivity index (χ2n) is 5.82. The van der Waals surface area contributed by atoms with Crippen molar-refractivity contribution in [3.05, 3.63) is 28.2 Å². The van der Waals surface area contributed by atoms with Gasteiger partial charge in [0.25, 0.3) is 0 Å². The molecule has 1 saturated heterocycles. The van der Waals surface area contributed by atoms with Gasteiger partial charge in [-0.1, -0.05) is 29.8 Å². The van der Waals surface area contributed by atoms with Crippen molar-refractivity contribution in [2.45, 2.75) is 26.3 Å². The Hall–Kier alpha value is -0.000000000000000111. The Kier molecular flexibility index (Phi) is 10.7. The first-order valence-electron chi connectivity index (χ1n) is 7.40. The van der Waals surface area contributed by atoms with Gasteiger partial charge in [0.15, 0.2) is 0 Å². The molecular weight excluding hydrogens is 387 g/mol. The highest BCUT2D eigenvalue weighted by atomic mass is 79.9. The quantitative estimate of drug-likeness (QED) is 0.778. The van der Waals surface area contributed by atoms with Gasteiger partial charge >= 0.3 is 0 Å². The molecule has 128 valence electrons. The van der Waals surface area contributed by atoms with Crippen molar-refractivity contribution in [3.63, 3.8) is 0 Å². The highest BCUT2D eigenvalue weighted by Crippen LogP contribution is 2.35. The number of hydrogen-bond donors (Lipinski definition) is 1. The molecule has 1 atom stereocenters. The van der Waals surface area contributed by atoms with E-state index >= 15 is 0 Å². The Balaban J connectivity index is 0.00000220. The van der Waals surface area contributed by atoms with E-state index in [-0.39, 0.29) is 24.8 Å². The normalized spacial score (nSPS) is 16.6. The van der Waals surface area contributed by atoms with Gasteiger partial charge in [0.05, 0.1) is 7.11 Å². The molecule has 22 heavy (non-hydrogen) atoms. The summed E-state index contributed by atoms with van der Waals surface area (Å²) < 4.78 is 6.58. The molecule has 0 aromatic heterocycles. The van der Waals surface area contributed by atoms with Crippen LogP contribution in [0.2, 0.25) is 0 Å². The second-order valence-corrected chi connectivity index (χ2v) is 6.67. The van der Waals surface area contributed by atoms with Crippen LogP contribution in [0.15, 0.2) is 22.7 Å². The zero-order chi connectivity index (χ0) is 14.5. The van der Waals surface area contributed by atoms with Gasteiger partial charge < -0.3 is 10.1 Å². The van der Waals surface area contributed by atoms with Crippen molar-refractivity contribution in [1.29, 1.82) is 0 Å². The Morgan fingerprint density at radius 3 is 2.41 bits per heavy atom. The summed E-state index contributed by atoms with van der Waals surface area (Å²) in [5.74, 6) is 1.61. The van der Waals surface area contributed by atoms with E-state index < -0.39 is 0 Å². The van der Waals surface area contributed by atoms with Crippen molar-refractivity contribution in [2.24, 2.45) is 5.92 Å². The summed E-state index contributed by atoms with van der Waals surface area (Å²) in [5.41, 5.74) is 1.35. The minimum Gasteiger partial charge on any atom is -0.497 e. The fourth-order valence-electron chi connectivity index (χ4n) is 2.82. The fourth-order valence-corrected chi connectivity index (χ4v) is 3.33. The Morgan fingerprint density at radius 1 is 1.23 bits per heavy atom. The molecule has 1 N–H and O–H groups in total. The Bertz CT molecular complexity index is 440. The zero-order valence-corrected chi connectivity index (χ0v) is 16.7. The molecule has 1 aromatic carbocycles. The molecule has 1 aliphatic rings. The lowest BCUT2D eigenvalue weighted by Gasteiger charge is -2.36. The van der Waals surface area contributed by atoms with Crippen LogP contribution in [-0.4, -0.2) is 38.2 Å². The smallest absolute Gasteiger partial charge is 0.119 e. The molecule has 0 amide bonds. The first-order valence-corrected chi connectivity index (χ1v) is 8.19. The number of benzene rings is 1. The summed E-state index contributed by atoms with van der Waals surface area (Å²) in [4.78, 5) is 2.59. The number of rotatable bonds is 5. The number of halogens is 3. The lowest BCUT2D eigenvalue weighted by atomic mass is 9.95. The van der Waals surface area contributed by atoms with E-state index in [2.05, 4.69) is 52.1 Å². The number of nitrogens with one attached hydrogen (secondary N) is 1. The maximum absolute atomic E-state index is 5.40. The van der Waals surface area contributed by atoms with Crippen molar-refractivity contribution < 1.29 is 4.74 Å². The molecule has 0 radical (unpaired) electrons. The first-order chi connectivity index (χ1) is 9.61. The Morgan fingerprint density at radius 2 is 1.86 bits per heavy atom. The molecule has 1 aromatic rings. The van der Waals surface area contributed by atoms with E-state index in [1.54, 1.807) is 7.11 Å². The summed E-state index contributed by atoms with van der Waals surface area (Å²) in [6.07, 6.45) is 1.17. The van der Waals surface area contributed by atoms with E-state index in [0.717, 1.165) is 31.9 Å². The second kappa shape index (κ2) is 10.7. The van der Waals surface area contributed by atoms with Gasteiger partial charge in [-0.15, -0.1) is 24.8 Å². The van der Waals surface area contributed by atoms with Crippen LogP contribution in [0.3, 0.4) is 0 Å². The highest BCUT2D eigenvalue weighted by Gasteiger charge is 2.25. The summed E-state index contributed by atoms with van der Waals surface area (Å²) in [7, 11) is 1.73. The van der Waals surface area contributed by atoms with Crippen molar-refractivity contribution >= 4 is 40.7 Å². The fraction of sp³-hybridized carbons (Fsp3) is 0.625. The van der Waals surface area contributed by atoms with Crippen molar-refractivity contribution in [1.82, 2.24) is 10.2 Å². The van der Waals surface area contributed by atoms with E-state index in [1.165, 1.54) is 16.5 Å². The lowest BCUT2D eigenvalue weighted by molar-refractivity contribution is 0.153. The molecule has 0 saturated carbocycles. The van der Waals surface area contributed by atoms with Gasteiger partial charge in [0.2, 0.25) is 0 Å². The summed E-state index contributed by atoms with van der Waals surface area (Å²) >= 11 is 3.72. The first kappa shape index (κ1) is 22.0. The van der Waals surface area contributed by atoms with Crippen LogP contribution in [0.4, 0.5) is 0 Å². The van der Waals surface area contributed by atoms with Gasteiger partial charge in [-0.2, -0.15) is 0 Å². The average Bonchev–Trinajstić information content (AvgIpc) is 2.46. The molecule has 1 aliphatic heterocycles. The summed E-state index contributed by atoms with van der Waals surface area (Å²) in [6, 6.07) is 6.75. The van der Waals surface area contributed by atoms with Gasteiger partial charge in [-0.05, 0) is 36.1 Å². The molecule has 2 rings (SSSR count). The molecule has 0 bridgehead atoms. The predicted octanol–water partition coefficient (Wildman–Crippen LogP) is 4.29. The average molecular weight is 414 g/mol. The third kappa shape index (κ3) is 5.89. The van der Waals surface area contributed by atoms with Crippen LogP contribution in [0.1, 0.15) is 31.9 Å². The summed E-state index contributed by atoms with van der Waals surface area (Å²) in [5, 5.41) is 3.43. The number of methoxy groups -OCH3 is 1. The summed E-state index contributed by atoms with van der Waals surface area (Å²) in [6.45, 7) is 8.97. The highest BCUT2D eigenvalue weighted by molar-refractivity contribution is 9.10. The molecule has 0 spiro atoms. The zero-order valence-electron chi connectivity index (χ0n) is 13.5. The van der Waals surface area contributed by atoms with E-state index in [1.807, 2.05) is 6.07 Å². The topological polar surface area (TPSA) is 24.5 Å². The Labute approximate surface area is 155 Å². The third-order valence-electron chi connectivity index (χ3n) is 3.85. The van der Waals surface area contributed by atoms with Crippen LogP contribution in [-0.2, 0) is 0 Å². The molecule has 0 aliphatic carbocycles. The molecule has 1 heterocycles. The predicted molar refractivity (Wildman–Crippen MR) is 102 cm³/mol. The van der Waals surface area contributed by atoms with Crippen LogP contribution in [0.25, 0.3) is 0 Å². The molecule has 6 heteroatoms. The molecule has 0 unspecified atom stereocenters. The van der Waals surface area contributed by atoms with Gasteiger partial charge in [0, 0.05) is 36.7 Å². The minimum absolute atomic E-state index is 0.